The summed E-state index contributed by atoms with van der Waals surface area (Å²) in [5.41, 5.74) is 9.17. The molecule has 0 amide bonds. The SMILES string of the molecule is CCOC(=O)c1nc(Sc2ccnc(N)c2Cl)c(C)nc1N1CCC2(CC1)Cc1ccccc1[C@H]2N[S@@](=O)C(C)(C)C. The second-order valence-electron chi connectivity index (χ2n) is 11.8. The van der Waals surface area contributed by atoms with Crippen LogP contribution in [-0.2, 0) is 22.1 Å². The molecule has 42 heavy (non-hydrogen) atoms. The number of carbonyl (C=O) groups excluding carboxylic acids is 1. The van der Waals surface area contributed by atoms with Crippen molar-refractivity contribution < 1.29 is 13.7 Å². The highest BCUT2D eigenvalue weighted by Crippen LogP contribution is 2.53. The van der Waals surface area contributed by atoms with Crippen molar-refractivity contribution in [2.75, 3.05) is 30.3 Å². The third kappa shape index (κ3) is 6.02. The van der Waals surface area contributed by atoms with Gasteiger partial charge in [-0.3, -0.25) is 0 Å². The minimum Gasteiger partial charge on any atom is -0.461 e. The minimum atomic E-state index is -1.22. The molecule has 1 aliphatic carbocycles. The summed E-state index contributed by atoms with van der Waals surface area (Å²) >= 11 is 7.67. The Morgan fingerprint density at radius 3 is 2.64 bits per heavy atom. The molecule has 0 bridgehead atoms. The fraction of sp³-hybridized carbons (Fsp3) is 0.467. The summed E-state index contributed by atoms with van der Waals surface area (Å²) < 4.78 is 21.8. The maximum atomic E-state index is 13.3. The number of benzene rings is 1. The third-order valence-corrected chi connectivity index (χ3v) is 11.1. The second kappa shape index (κ2) is 12.1. The van der Waals surface area contributed by atoms with Crippen LogP contribution in [-0.4, -0.2) is 49.6 Å². The van der Waals surface area contributed by atoms with Crippen molar-refractivity contribution in [2.45, 2.75) is 74.6 Å². The molecule has 2 aliphatic rings. The Bertz CT molecular complexity index is 1520. The Morgan fingerprint density at radius 2 is 1.95 bits per heavy atom. The number of hydrogen-bond acceptors (Lipinski definition) is 9. The number of anilines is 2. The summed E-state index contributed by atoms with van der Waals surface area (Å²) in [5, 5.41) is 0.878. The number of carbonyl (C=O) groups is 1. The van der Waals surface area contributed by atoms with Gasteiger partial charge in [0.25, 0.3) is 0 Å². The highest BCUT2D eigenvalue weighted by atomic mass is 35.5. The van der Waals surface area contributed by atoms with Crippen LogP contribution in [0.15, 0.2) is 46.5 Å². The first-order valence-corrected chi connectivity index (χ1v) is 16.4. The summed E-state index contributed by atoms with van der Waals surface area (Å²) in [6, 6.07) is 10.2. The van der Waals surface area contributed by atoms with Crippen molar-refractivity contribution in [1.82, 2.24) is 19.7 Å². The standard InChI is InChI=1S/C30H37ClN6O3S2/c1-6-40-28(38)23-26(34-18(2)27(35-23)41-21-11-14-33-25(32)22(21)31)37-15-12-30(13-16-37)17-19-9-7-8-10-20(19)24(30)36-42(39)29(3,4)5/h7-11,14,24,36H,6,12-13,15-17H2,1-5H3,(H2,32,33)/t24-,42+/m1/s1. The molecular formula is C30H37ClN6O3S2. The maximum Gasteiger partial charge on any atom is 0.360 e. The Hall–Kier alpha value is -2.73. The zero-order chi connectivity index (χ0) is 30.2. The van der Waals surface area contributed by atoms with E-state index in [4.69, 9.17) is 32.0 Å². The van der Waals surface area contributed by atoms with E-state index in [9.17, 15) is 9.00 Å². The van der Waals surface area contributed by atoms with Gasteiger partial charge in [-0.15, -0.1) is 0 Å². The molecule has 0 radical (unpaired) electrons. The average Bonchev–Trinajstić information content (AvgIpc) is 3.24. The van der Waals surface area contributed by atoms with Gasteiger partial charge in [-0.05, 0) is 76.5 Å². The van der Waals surface area contributed by atoms with Gasteiger partial charge in [0.1, 0.15) is 10.8 Å². The average molecular weight is 629 g/mol. The first-order chi connectivity index (χ1) is 19.9. The molecule has 1 aliphatic heterocycles. The summed E-state index contributed by atoms with van der Waals surface area (Å²) in [4.78, 5) is 29.6. The minimum absolute atomic E-state index is 0.0235. The lowest BCUT2D eigenvalue weighted by atomic mass is 9.73. The number of halogens is 1. The maximum absolute atomic E-state index is 13.3. The summed E-state index contributed by atoms with van der Waals surface area (Å²) in [7, 11) is -1.22. The van der Waals surface area contributed by atoms with Crippen LogP contribution < -0.4 is 15.4 Å². The molecule has 3 aromatic rings. The number of nitrogens with zero attached hydrogens (tertiary/aromatic N) is 4. The zero-order valence-electron chi connectivity index (χ0n) is 24.6. The molecule has 1 saturated heterocycles. The zero-order valence-corrected chi connectivity index (χ0v) is 27.0. The lowest BCUT2D eigenvalue weighted by molar-refractivity contribution is 0.0518. The van der Waals surface area contributed by atoms with E-state index in [1.165, 1.54) is 22.9 Å². The van der Waals surface area contributed by atoms with E-state index in [1.54, 1.807) is 19.2 Å². The third-order valence-electron chi connectivity index (χ3n) is 7.93. The van der Waals surface area contributed by atoms with Gasteiger partial charge in [0.05, 0.1) is 39.1 Å². The quantitative estimate of drug-likeness (QED) is 0.318. The van der Waals surface area contributed by atoms with Crippen LogP contribution in [0.2, 0.25) is 5.02 Å². The smallest absolute Gasteiger partial charge is 0.360 e. The van der Waals surface area contributed by atoms with E-state index in [1.807, 2.05) is 27.7 Å². The predicted octanol–water partition coefficient (Wildman–Crippen LogP) is 5.68. The number of esters is 1. The van der Waals surface area contributed by atoms with Crippen LogP contribution >= 0.6 is 23.4 Å². The molecule has 9 nitrogen and oxygen atoms in total. The number of aryl methyl sites for hydroxylation is 1. The first-order valence-electron chi connectivity index (χ1n) is 14.1. The Kier molecular flexibility index (Phi) is 8.85. The van der Waals surface area contributed by atoms with Crippen LogP contribution in [0, 0.1) is 12.3 Å². The molecule has 1 spiro atoms. The van der Waals surface area contributed by atoms with E-state index in [2.05, 4.69) is 38.9 Å². The molecule has 1 fully saturated rings. The number of pyridine rings is 1. The van der Waals surface area contributed by atoms with Gasteiger partial charge in [0, 0.05) is 24.2 Å². The highest BCUT2D eigenvalue weighted by molar-refractivity contribution is 7.99. The number of ether oxygens (including phenoxy) is 1. The number of fused-ring (bicyclic) bond motifs is 1. The van der Waals surface area contributed by atoms with Crippen molar-refractivity contribution in [3.63, 3.8) is 0 Å². The van der Waals surface area contributed by atoms with Gasteiger partial charge in [-0.1, -0.05) is 47.6 Å². The molecule has 3 N–H and O–H groups in total. The van der Waals surface area contributed by atoms with E-state index < -0.39 is 17.0 Å². The van der Waals surface area contributed by atoms with E-state index in [-0.39, 0.29) is 34.3 Å². The Balaban J connectivity index is 1.44. The molecule has 0 unspecified atom stereocenters. The molecule has 2 aromatic heterocycles. The number of nitrogens with two attached hydrogens (primary N) is 1. The molecule has 5 rings (SSSR count). The molecular weight excluding hydrogens is 592 g/mol. The van der Waals surface area contributed by atoms with Gasteiger partial charge < -0.3 is 15.4 Å². The number of hydrogen-bond donors (Lipinski definition) is 2. The van der Waals surface area contributed by atoms with Crippen molar-refractivity contribution in [3.8, 4) is 0 Å². The van der Waals surface area contributed by atoms with Crippen LogP contribution in [0.25, 0.3) is 0 Å². The number of rotatable bonds is 7. The number of nitrogens with one attached hydrogen (secondary N) is 1. The van der Waals surface area contributed by atoms with E-state index >= 15 is 0 Å². The Morgan fingerprint density at radius 1 is 1.24 bits per heavy atom. The molecule has 2 atom stereocenters. The van der Waals surface area contributed by atoms with Gasteiger partial charge in [0.15, 0.2) is 11.5 Å². The molecule has 1 aromatic carbocycles. The van der Waals surface area contributed by atoms with Gasteiger partial charge in [0.2, 0.25) is 0 Å². The van der Waals surface area contributed by atoms with E-state index in [0.717, 1.165) is 19.3 Å². The second-order valence-corrected chi connectivity index (χ2v) is 15.2. The van der Waals surface area contributed by atoms with Crippen molar-refractivity contribution in [1.29, 1.82) is 0 Å². The molecule has 0 saturated carbocycles. The van der Waals surface area contributed by atoms with Crippen LogP contribution in [0.3, 0.4) is 0 Å². The molecule has 3 heterocycles. The van der Waals surface area contributed by atoms with Crippen molar-refractivity contribution >= 4 is 52.0 Å². The predicted molar refractivity (Wildman–Crippen MR) is 168 cm³/mol. The van der Waals surface area contributed by atoms with Crippen LogP contribution in [0.1, 0.15) is 73.9 Å². The normalized spacial score (nSPS) is 18.6. The number of nitrogen functional groups attached to an aromatic ring is 1. The lowest BCUT2D eigenvalue weighted by Crippen LogP contribution is -2.48. The van der Waals surface area contributed by atoms with Gasteiger partial charge >= 0.3 is 5.97 Å². The number of piperidine rings is 1. The van der Waals surface area contributed by atoms with Crippen LogP contribution in [0.4, 0.5) is 11.6 Å². The summed E-state index contributed by atoms with van der Waals surface area (Å²) in [5.74, 6) is 0.226. The fourth-order valence-electron chi connectivity index (χ4n) is 5.66. The van der Waals surface area contributed by atoms with Gasteiger partial charge in [-0.25, -0.2) is 28.7 Å². The van der Waals surface area contributed by atoms with Gasteiger partial charge in [-0.2, -0.15) is 0 Å². The fourth-order valence-corrected chi connectivity index (χ4v) is 7.69. The lowest BCUT2D eigenvalue weighted by Gasteiger charge is -2.44. The van der Waals surface area contributed by atoms with Crippen molar-refractivity contribution in [3.05, 3.63) is 64.1 Å². The summed E-state index contributed by atoms with van der Waals surface area (Å²) in [6.07, 6.45) is 4.17. The summed E-state index contributed by atoms with van der Waals surface area (Å²) in [6.45, 7) is 11.2. The largest absolute Gasteiger partial charge is 0.461 e. The Labute approximate surface area is 259 Å². The first kappa shape index (κ1) is 30.7. The molecule has 224 valence electrons. The number of aromatic nitrogens is 3. The topological polar surface area (TPSA) is 123 Å². The van der Waals surface area contributed by atoms with Crippen LogP contribution in [0.5, 0.6) is 0 Å². The molecule has 12 heteroatoms. The highest BCUT2D eigenvalue weighted by Gasteiger charge is 2.49. The van der Waals surface area contributed by atoms with E-state index in [0.29, 0.717) is 39.5 Å². The monoisotopic (exact) mass is 628 g/mol. The van der Waals surface area contributed by atoms with Crippen molar-refractivity contribution in [2.24, 2.45) is 5.41 Å².